The van der Waals surface area contributed by atoms with Gasteiger partial charge in [0.05, 0.1) is 47.8 Å². The van der Waals surface area contributed by atoms with E-state index in [2.05, 4.69) is 87.7 Å². The highest BCUT2D eigenvalue weighted by Gasteiger charge is 2.68. The van der Waals surface area contributed by atoms with Crippen molar-refractivity contribution in [3.63, 3.8) is 0 Å². The van der Waals surface area contributed by atoms with Crippen LogP contribution in [0.2, 0.25) is 6.32 Å². The highest BCUT2D eigenvalue weighted by molar-refractivity contribution is 9.10. The largest absolute Gasteiger partial charge is 0.481 e. The first-order valence-corrected chi connectivity index (χ1v) is 22.9. The molecule has 3 saturated carbocycles. The van der Waals surface area contributed by atoms with Crippen LogP contribution >= 0.6 is 31.9 Å². The Morgan fingerprint density at radius 3 is 1.68 bits per heavy atom. The summed E-state index contributed by atoms with van der Waals surface area (Å²) in [4.78, 5) is 48.7. The lowest BCUT2D eigenvalue weighted by Gasteiger charge is -2.64. The van der Waals surface area contributed by atoms with Crippen LogP contribution in [0.4, 0.5) is 8.78 Å². The van der Waals surface area contributed by atoms with Crippen molar-refractivity contribution in [2.24, 2.45) is 35.0 Å². The lowest BCUT2D eigenvalue weighted by Crippen LogP contribution is -2.65. The van der Waals surface area contributed by atoms with E-state index in [0.29, 0.717) is 51.8 Å². The minimum Gasteiger partial charge on any atom is -0.427 e. The normalized spacial score (nSPS) is 21.4. The standard InChI is InChI=1S/C24H33BBrFN2O4.C14H19BBrFN2O4.C4H11BO2/c1-13(2)8-20(25-32-19-10-14-9-18(23(14,3)4)24(19,5)33-25)29-21(30)12-28-22(31)16-11-15(26)6-7-17(16)27;1-8(2)5-12(15(22)23)19-13(20)7-18-14(21)10-6-9(16)3-4-11(10)17;1-4(2)3-5(6)7/h6-7,11,13-14,18-20H,8-10,12H2,1-5H3,(H,28,31)(H,29,30);3-4,6,8,12,22-23H,5,7H2,1-2H3,(H,18,21)(H,19,20);4,6-7H,3H2,1-2H3/t14-,18-,19+,20-,24-;12-;/m00./s1. The molecule has 8 N–H and O–H groups in total. The zero-order valence-corrected chi connectivity index (χ0v) is 40.7. The number of amides is 4. The van der Waals surface area contributed by atoms with Gasteiger partial charge in [-0.25, -0.2) is 8.78 Å². The fourth-order valence-corrected chi connectivity index (χ4v) is 9.09. The highest BCUT2D eigenvalue weighted by Crippen LogP contribution is 2.65. The first kappa shape index (κ1) is 54.4. The summed E-state index contributed by atoms with van der Waals surface area (Å²) in [6.07, 6.45) is 3.70. The van der Waals surface area contributed by atoms with E-state index >= 15 is 0 Å². The van der Waals surface area contributed by atoms with E-state index in [-0.39, 0.29) is 52.6 Å². The first-order valence-electron chi connectivity index (χ1n) is 21.4. The van der Waals surface area contributed by atoms with Gasteiger partial charge < -0.3 is 50.7 Å². The molecule has 1 saturated heterocycles. The molecule has 0 aromatic heterocycles. The molecule has 0 radical (unpaired) electrons. The molecule has 4 amide bonds. The predicted octanol–water partition coefficient (Wildman–Crippen LogP) is 5.09. The third kappa shape index (κ3) is 15.9. The summed E-state index contributed by atoms with van der Waals surface area (Å²) in [5, 5.41) is 45.2. The van der Waals surface area contributed by atoms with Gasteiger partial charge in [-0.05, 0) is 110 Å². The Morgan fingerprint density at radius 2 is 1.27 bits per heavy atom. The Kier molecular flexibility index (Phi) is 20.8. The molecule has 2 aromatic carbocycles. The molecule has 4 fully saturated rings. The average molecular weight is 1010 g/mol. The Morgan fingerprint density at radius 1 is 0.778 bits per heavy atom. The van der Waals surface area contributed by atoms with Crippen molar-refractivity contribution in [2.75, 3.05) is 13.1 Å². The quantitative estimate of drug-likeness (QED) is 0.104. The Hall–Kier alpha value is -2.91. The van der Waals surface area contributed by atoms with E-state index in [0.717, 1.165) is 18.9 Å². The van der Waals surface area contributed by atoms with Gasteiger partial charge >= 0.3 is 21.4 Å². The fourth-order valence-electron chi connectivity index (χ4n) is 8.37. The van der Waals surface area contributed by atoms with Gasteiger partial charge in [0.2, 0.25) is 11.8 Å². The number of hydrogen-bond acceptors (Lipinski definition) is 10. The smallest absolute Gasteiger partial charge is 0.427 e. The SMILES string of the molecule is CC(C)CB(O)O.CC(C)C[C@H](NC(=O)CNC(=O)c1cc(Br)ccc1F)B(O)O.CC(C)C[C@H](NC(=O)CNC(=O)c1cc(Br)ccc1F)B1O[C@@H]2C[C@@H]3C[C@@H](C3(C)C)[C@]2(C)O1. The number of carbonyl (C=O) groups excluding carboxylic acids is 4. The molecular formula is C42H63B3Br2F2N4O10. The van der Waals surface area contributed by atoms with Gasteiger partial charge in [0.15, 0.2) is 0 Å². The van der Waals surface area contributed by atoms with Crippen molar-refractivity contribution >= 4 is 76.8 Å². The number of nitrogens with one attached hydrogen (secondary N) is 4. The number of benzene rings is 2. The topological polar surface area (TPSA) is 216 Å². The van der Waals surface area contributed by atoms with E-state index in [9.17, 15) is 38.0 Å². The van der Waals surface area contributed by atoms with Crippen molar-refractivity contribution < 1.29 is 57.4 Å². The maximum Gasteiger partial charge on any atom is 0.481 e. The second kappa shape index (κ2) is 24.0. The van der Waals surface area contributed by atoms with Gasteiger partial charge in [-0.15, -0.1) is 0 Å². The van der Waals surface area contributed by atoms with Gasteiger partial charge in [0.1, 0.15) is 11.6 Å². The summed E-state index contributed by atoms with van der Waals surface area (Å²) in [5.41, 5.74) is -0.410. The predicted molar refractivity (Wildman–Crippen MR) is 246 cm³/mol. The molecule has 6 rings (SSSR count). The summed E-state index contributed by atoms with van der Waals surface area (Å²) in [6.45, 7) is 17.9. The van der Waals surface area contributed by atoms with Crippen LogP contribution in [0.5, 0.6) is 0 Å². The highest BCUT2D eigenvalue weighted by atomic mass is 79.9. The molecule has 1 heterocycles. The van der Waals surface area contributed by atoms with Crippen molar-refractivity contribution in [2.45, 2.75) is 118 Å². The number of rotatable bonds is 16. The molecule has 14 nitrogen and oxygen atoms in total. The lowest BCUT2D eigenvalue weighted by atomic mass is 9.43. The van der Waals surface area contributed by atoms with Crippen LogP contribution in [0.15, 0.2) is 45.3 Å². The second-order valence-electron chi connectivity index (χ2n) is 18.6. The molecule has 21 heteroatoms. The van der Waals surface area contributed by atoms with Gasteiger partial charge in [-0.1, -0.05) is 87.2 Å². The monoisotopic (exact) mass is 1010 g/mol. The molecule has 3 aliphatic carbocycles. The molecule has 2 bridgehead atoms. The summed E-state index contributed by atoms with van der Waals surface area (Å²) in [7, 11) is -3.35. The van der Waals surface area contributed by atoms with Gasteiger partial charge in [-0.2, -0.15) is 0 Å². The Labute approximate surface area is 387 Å². The van der Waals surface area contributed by atoms with Gasteiger partial charge in [0.25, 0.3) is 11.8 Å². The molecule has 348 valence electrons. The zero-order valence-electron chi connectivity index (χ0n) is 37.5. The van der Waals surface area contributed by atoms with Crippen molar-refractivity contribution in [1.29, 1.82) is 0 Å². The third-order valence-electron chi connectivity index (χ3n) is 11.6. The summed E-state index contributed by atoms with van der Waals surface area (Å²) < 4.78 is 41.6. The molecule has 1 aliphatic heterocycles. The van der Waals surface area contributed by atoms with Crippen LogP contribution in [0.1, 0.15) is 109 Å². The van der Waals surface area contributed by atoms with E-state index in [1.165, 1.54) is 30.3 Å². The lowest BCUT2D eigenvalue weighted by molar-refractivity contribution is -0.199. The molecule has 63 heavy (non-hydrogen) atoms. The zero-order chi connectivity index (χ0) is 47.6. The van der Waals surface area contributed by atoms with E-state index < -0.39 is 63.2 Å². The Balaban J connectivity index is 0.000000306. The molecular weight excluding hydrogens is 951 g/mol. The van der Waals surface area contributed by atoms with Crippen LogP contribution in [-0.4, -0.2) is 102 Å². The van der Waals surface area contributed by atoms with Crippen molar-refractivity contribution in [1.82, 2.24) is 21.3 Å². The van der Waals surface area contributed by atoms with Crippen LogP contribution in [-0.2, 0) is 18.9 Å². The van der Waals surface area contributed by atoms with E-state index in [4.69, 9.17) is 19.4 Å². The molecule has 0 spiro atoms. The maximum absolute atomic E-state index is 14.0. The summed E-state index contributed by atoms with van der Waals surface area (Å²) >= 11 is 6.36. The third-order valence-corrected chi connectivity index (χ3v) is 12.6. The van der Waals surface area contributed by atoms with Crippen molar-refractivity contribution in [3.05, 3.63) is 68.1 Å². The van der Waals surface area contributed by atoms with E-state index in [1.807, 2.05) is 27.7 Å². The Bertz CT molecular complexity index is 1880. The maximum atomic E-state index is 14.0. The van der Waals surface area contributed by atoms with E-state index in [1.54, 1.807) is 0 Å². The van der Waals surface area contributed by atoms with Crippen LogP contribution in [0.3, 0.4) is 0 Å². The van der Waals surface area contributed by atoms with Gasteiger partial charge in [-0.3, -0.25) is 19.2 Å². The minimum absolute atomic E-state index is 0.0324. The van der Waals surface area contributed by atoms with Crippen LogP contribution in [0, 0.1) is 46.6 Å². The average Bonchev–Trinajstić information content (AvgIpc) is 3.54. The first-order chi connectivity index (χ1) is 29.2. The second-order valence-corrected chi connectivity index (χ2v) is 20.4. The molecule has 0 unspecified atom stereocenters. The van der Waals surface area contributed by atoms with Crippen LogP contribution < -0.4 is 21.3 Å². The molecule has 6 atom stereocenters. The van der Waals surface area contributed by atoms with Gasteiger partial charge in [0, 0.05) is 8.95 Å². The summed E-state index contributed by atoms with van der Waals surface area (Å²) in [5.74, 6) is -2.91. The number of halogens is 4. The van der Waals surface area contributed by atoms with Crippen LogP contribution in [0.25, 0.3) is 0 Å². The van der Waals surface area contributed by atoms with Crippen molar-refractivity contribution in [3.8, 4) is 0 Å². The summed E-state index contributed by atoms with van der Waals surface area (Å²) in [6, 6.07) is 8.01. The minimum atomic E-state index is -1.69. The fraction of sp³-hybridized carbons (Fsp3) is 0.619. The molecule has 2 aromatic rings. The number of carbonyl (C=O) groups is 4. The molecule has 4 aliphatic rings. The number of hydrogen-bond donors (Lipinski definition) is 8.